The largest absolute Gasteiger partial charge is 0.389 e. The summed E-state index contributed by atoms with van der Waals surface area (Å²) in [4.78, 5) is 4.31. The van der Waals surface area contributed by atoms with E-state index in [9.17, 15) is 0 Å². The van der Waals surface area contributed by atoms with Gasteiger partial charge >= 0.3 is 0 Å². The number of benzene rings is 1. The van der Waals surface area contributed by atoms with Gasteiger partial charge in [-0.15, -0.1) is 0 Å². The molecule has 1 aromatic carbocycles. The van der Waals surface area contributed by atoms with Gasteiger partial charge in [-0.05, 0) is 30.0 Å². The van der Waals surface area contributed by atoms with Crippen molar-refractivity contribution >= 4 is 21.5 Å². The Hall–Kier alpha value is -1.55. The van der Waals surface area contributed by atoms with E-state index >= 15 is 0 Å². The Morgan fingerprint density at radius 3 is 2.47 bits per heavy atom. The van der Waals surface area contributed by atoms with Gasteiger partial charge in [-0.25, -0.2) is 4.98 Å². The van der Waals surface area contributed by atoms with Gasteiger partial charge in [0, 0.05) is 5.56 Å². The standard InChI is InChI=1S/C13H17N3S/c1-7(2)9-5-4-8(3)10(6-9)11-12(14)17-13(15)16-11/h4-7H,14H2,1-3H3,(H2,15,16). The summed E-state index contributed by atoms with van der Waals surface area (Å²) < 4.78 is 0. The van der Waals surface area contributed by atoms with Gasteiger partial charge in [-0.2, -0.15) is 0 Å². The van der Waals surface area contributed by atoms with Crippen LogP contribution in [0.3, 0.4) is 0 Å². The van der Waals surface area contributed by atoms with Crippen LogP contribution in [-0.2, 0) is 0 Å². The van der Waals surface area contributed by atoms with Gasteiger partial charge in [0.05, 0.1) is 0 Å². The smallest absolute Gasteiger partial charge is 0.182 e. The van der Waals surface area contributed by atoms with Crippen molar-refractivity contribution < 1.29 is 0 Å². The molecule has 2 rings (SSSR count). The van der Waals surface area contributed by atoms with E-state index in [4.69, 9.17) is 11.5 Å². The highest BCUT2D eigenvalue weighted by molar-refractivity contribution is 7.19. The fourth-order valence-electron chi connectivity index (χ4n) is 1.80. The van der Waals surface area contributed by atoms with Crippen LogP contribution in [0.1, 0.15) is 30.9 Å². The van der Waals surface area contributed by atoms with Gasteiger partial charge in [0.15, 0.2) is 5.13 Å². The van der Waals surface area contributed by atoms with Crippen LogP contribution in [0.25, 0.3) is 11.3 Å². The van der Waals surface area contributed by atoms with Crippen molar-refractivity contribution in [2.24, 2.45) is 0 Å². The third-order valence-corrected chi connectivity index (χ3v) is 3.57. The van der Waals surface area contributed by atoms with Crippen LogP contribution < -0.4 is 11.5 Å². The van der Waals surface area contributed by atoms with E-state index in [1.54, 1.807) is 0 Å². The molecule has 1 heterocycles. The van der Waals surface area contributed by atoms with Crippen molar-refractivity contribution in [3.63, 3.8) is 0 Å². The van der Waals surface area contributed by atoms with Crippen molar-refractivity contribution in [3.05, 3.63) is 29.3 Å². The number of nitrogen functional groups attached to an aromatic ring is 2. The molecule has 0 aliphatic carbocycles. The zero-order valence-electron chi connectivity index (χ0n) is 10.3. The number of nitrogens with zero attached hydrogens (tertiary/aromatic N) is 1. The number of nitrogens with two attached hydrogens (primary N) is 2. The maximum Gasteiger partial charge on any atom is 0.182 e. The summed E-state index contributed by atoms with van der Waals surface area (Å²) in [7, 11) is 0. The van der Waals surface area contributed by atoms with Gasteiger partial charge in [-0.1, -0.05) is 37.3 Å². The maximum atomic E-state index is 5.94. The van der Waals surface area contributed by atoms with Crippen LogP contribution in [0.2, 0.25) is 0 Å². The molecular weight excluding hydrogens is 230 g/mol. The van der Waals surface area contributed by atoms with Gasteiger partial charge in [0.2, 0.25) is 0 Å². The van der Waals surface area contributed by atoms with Crippen molar-refractivity contribution in [2.45, 2.75) is 26.7 Å². The first-order valence-corrected chi connectivity index (χ1v) is 6.43. The van der Waals surface area contributed by atoms with Gasteiger partial charge in [0.1, 0.15) is 10.7 Å². The summed E-state index contributed by atoms with van der Waals surface area (Å²) in [5, 5.41) is 1.21. The van der Waals surface area contributed by atoms with Gasteiger partial charge in [-0.3, -0.25) is 0 Å². The zero-order valence-corrected chi connectivity index (χ0v) is 11.1. The quantitative estimate of drug-likeness (QED) is 0.854. The second-order valence-electron chi connectivity index (χ2n) is 4.49. The minimum atomic E-state index is 0.492. The van der Waals surface area contributed by atoms with E-state index in [0.717, 1.165) is 11.3 Å². The Kier molecular flexibility index (Phi) is 3.07. The van der Waals surface area contributed by atoms with Crippen molar-refractivity contribution in [2.75, 3.05) is 11.5 Å². The Labute approximate surface area is 105 Å². The van der Waals surface area contributed by atoms with Crippen molar-refractivity contribution in [1.29, 1.82) is 0 Å². The van der Waals surface area contributed by atoms with Gasteiger partial charge < -0.3 is 11.5 Å². The molecule has 4 heteroatoms. The molecule has 0 saturated heterocycles. The molecule has 0 fully saturated rings. The minimum absolute atomic E-state index is 0.492. The lowest BCUT2D eigenvalue weighted by Crippen LogP contribution is -1.93. The molecule has 0 saturated carbocycles. The Balaban J connectivity index is 2.58. The van der Waals surface area contributed by atoms with Crippen LogP contribution in [-0.4, -0.2) is 4.98 Å². The molecule has 0 bridgehead atoms. The number of hydrogen-bond acceptors (Lipinski definition) is 4. The van der Waals surface area contributed by atoms with Gasteiger partial charge in [0.25, 0.3) is 0 Å². The van der Waals surface area contributed by atoms with E-state index in [2.05, 4.69) is 44.0 Å². The van der Waals surface area contributed by atoms with E-state index in [1.807, 2.05) is 0 Å². The highest BCUT2D eigenvalue weighted by atomic mass is 32.1. The zero-order chi connectivity index (χ0) is 12.6. The molecule has 0 aliphatic heterocycles. The molecule has 17 heavy (non-hydrogen) atoms. The third kappa shape index (κ3) is 2.26. The summed E-state index contributed by atoms with van der Waals surface area (Å²) in [6, 6.07) is 6.42. The van der Waals surface area contributed by atoms with E-state index < -0.39 is 0 Å². The van der Waals surface area contributed by atoms with Crippen LogP contribution >= 0.6 is 11.3 Å². The van der Waals surface area contributed by atoms with Crippen LogP contribution in [0.15, 0.2) is 18.2 Å². The molecule has 4 N–H and O–H groups in total. The molecule has 0 radical (unpaired) electrons. The monoisotopic (exact) mass is 247 g/mol. The Morgan fingerprint density at radius 2 is 1.94 bits per heavy atom. The molecule has 3 nitrogen and oxygen atoms in total. The molecule has 0 spiro atoms. The summed E-state index contributed by atoms with van der Waals surface area (Å²) in [5.41, 5.74) is 16.0. The normalized spacial score (nSPS) is 11.1. The summed E-state index contributed by atoms with van der Waals surface area (Å²) in [5.74, 6) is 0.492. The number of anilines is 2. The summed E-state index contributed by atoms with van der Waals surface area (Å²) in [6.45, 7) is 6.41. The van der Waals surface area contributed by atoms with Crippen molar-refractivity contribution in [1.82, 2.24) is 4.98 Å². The minimum Gasteiger partial charge on any atom is -0.389 e. The SMILES string of the molecule is Cc1ccc(C(C)C)cc1-c1nc(N)sc1N. The average molecular weight is 247 g/mol. The lowest BCUT2D eigenvalue weighted by atomic mass is 9.96. The molecule has 0 unspecified atom stereocenters. The lowest BCUT2D eigenvalue weighted by Gasteiger charge is -2.10. The molecular formula is C13H17N3S. The number of aryl methyl sites for hydroxylation is 1. The Bertz CT molecular complexity index is 544. The molecule has 2 aromatic rings. The van der Waals surface area contributed by atoms with E-state index in [-0.39, 0.29) is 0 Å². The highest BCUT2D eigenvalue weighted by Crippen LogP contribution is 2.35. The first kappa shape index (κ1) is 11.9. The number of thiazole rings is 1. The Morgan fingerprint density at radius 1 is 1.24 bits per heavy atom. The summed E-state index contributed by atoms with van der Waals surface area (Å²) >= 11 is 1.33. The second kappa shape index (κ2) is 4.37. The molecule has 90 valence electrons. The van der Waals surface area contributed by atoms with E-state index in [1.165, 1.54) is 22.5 Å². The summed E-state index contributed by atoms with van der Waals surface area (Å²) in [6.07, 6.45) is 0. The number of rotatable bonds is 2. The fourth-order valence-corrected chi connectivity index (χ4v) is 2.41. The number of aromatic nitrogens is 1. The highest BCUT2D eigenvalue weighted by Gasteiger charge is 2.12. The lowest BCUT2D eigenvalue weighted by molar-refractivity contribution is 0.866. The molecule has 1 aromatic heterocycles. The predicted octanol–water partition coefficient (Wildman–Crippen LogP) is 3.41. The topological polar surface area (TPSA) is 64.9 Å². The van der Waals surface area contributed by atoms with E-state index in [0.29, 0.717) is 16.1 Å². The first-order valence-electron chi connectivity index (χ1n) is 5.61. The number of hydrogen-bond donors (Lipinski definition) is 2. The molecule has 0 amide bonds. The van der Waals surface area contributed by atoms with Crippen molar-refractivity contribution in [3.8, 4) is 11.3 Å². The third-order valence-electron chi connectivity index (χ3n) is 2.85. The predicted molar refractivity (Wildman–Crippen MR) is 75.2 cm³/mol. The first-order chi connectivity index (χ1) is 7.99. The van der Waals surface area contributed by atoms with Crippen LogP contribution in [0, 0.1) is 6.92 Å². The average Bonchev–Trinajstić information content (AvgIpc) is 2.58. The van der Waals surface area contributed by atoms with Crippen LogP contribution in [0.5, 0.6) is 0 Å². The van der Waals surface area contributed by atoms with Crippen LogP contribution in [0.4, 0.5) is 10.1 Å². The second-order valence-corrected chi connectivity index (χ2v) is 5.56. The fraction of sp³-hybridized carbons (Fsp3) is 0.308. The maximum absolute atomic E-state index is 5.94. The molecule has 0 aliphatic rings. The molecule has 0 atom stereocenters.